The average Bonchev–Trinajstić information content (AvgIpc) is 3.72. The van der Waals surface area contributed by atoms with Gasteiger partial charge in [-0.2, -0.15) is 22.7 Å². The number of rotatable bonds is 8. The summed E-state index contributed by atoms with van der Waals surface area (Å²) < 4.78 is 67.9. The zero-order valence-electron chi connectivity index (χ0n) is 20.4. The summed E-state index contributed by atoms with van der Waals surface area (Å²) in [7, 11) is -2.43. The minimum absolute atomic E-state index is 0.0935. The van der Waals surface area contributed by atoms with Crippen molar-refractivity contribution in [3.05, 3.63) is 65.2 Å². The Kier molecular flexibility index (Phi) is 7.92. The minimum atomic E-state index is -4.64. The van der Waals surface area contributed by atoms with E-state index < -0.39 is 27.8 Å². The van der Waals surface area contributed by atoms with Gasteiger partial charge in [-0.25, -0.2) is 8.42 Å². The number of nitriles is 1. The molecule has 1 amide bonds. The van der Waals surface area contributed by atoms with Crippen LogP contribution in [0.1, 0.15) is 42.4 Å². The van der Waals surface area contributed by atoms with E-state index >= 15 is 0 Å². The lowest BCUT2D eigenvalue weighted by molar-refractivity contribution is -0.137. The lowest BCUT2D eigenvalue weighted by Crippen LogP contribution is -2.53. The maximum Gasteiger partial charge on any atom is 0.416 e. The van der Waals surface area contributed by atoms with Crippen molar-refractivity contribution >= 4 is 15.9 Å². The van der Waals surface area contributed by atoms with Gasteiger partial charge in [0.2, 0.25) is 15.9 Å². The highest BCUT2D eigenvalue weighted by atomic mass is 32.2. The van der Waals surface area contributed by atoms with E-state index in [0.29, 0.717) is 56.8 Å². The van der Waals surface area contributed by atoms with Crippen molar-refractivity contribution in [3.63, 3.8) is 0 Å². The molecule has 1 saturated carbocycles. The van der Waals surface area contributed by atoms with Crippen LogP contribution in [-0.4, -0.2) is 61.8 Å². The standard InChI is InChI=1S/C26H29F3N4O3S/c1-31-24(15-18-5-7-19(17-30)8-6-18)25(34)32-13-11-22(12-14-32)33(21-9-10-21)37(35,36)23-4-2-3-20(16-23)26(27,28)29/h2-8,16,21-22,24,31H,9-15H2,1H3/t24-/m0/s1. The summed E-state index contributed by atoms with van der Waals surface area (Å²) in [4.78, 5) is 14.6. The van der Waals surface area contributed by atoms with Gasteiger partial charge in [0.15, 0.2) is 0 Å². The molecular formula is C26H29F3N4O3S. The Morgan fingerprint density at radius 3 is 2.27 bits per heavy atom. The maximum absolute atomic E-state index is 13.5. The molecule has 1 saturated heterocycles. The topological polar surface area (TPSA) is 93.5 Å². The third-order valence-corrected chi connectivity index (χ3v) is 8.95. The predicted molar refractivity (Wildman–Crippen MR) is 131 cm³/mol. The number of nitrogens with one attached hydrogen (secondary N) is 1. The summed E-state index contributed by atoms with van der Waals surface area (Å²) in [6.45, 7) is 0.715. The van der Waals surface area contributed by atoms with Crippen molar-refractivity contribution in [1.29, 1.82) is 5.26 Å². The van der Waals surface area contributed by atoms with Crippen LogP contribution in [-0.2, 0) is 27.4 Å². The Morgan fingerprint density at radius 2 is 1.73 bits per heavy atom. The lowest BCUT2D eigenvalue weighted by atomic mass is 10.0. The number of piperidine rings is 1. The van der Waals surface area contributed by atoms with Crippen molar-refractivity contribution in [2.45, 2.75) is 61.3 Å². The van der Waals surface area contributed by atoms with Crippen molar-refractivity contribution in [1.82, 2.24) is 14.5 Å². The zero-order chi connectivity index (χ0) is 26.8. The van der Waals surface area contributed by atoms with Crippen LogP contribution >= 0.6 is 0 Å². The molecule has 1 aliphatic carbocycles. The molecule has 2 fully saturated rings. The van der Waals surface area contributed by atoms with Gasteiger partial charge in [0.05, 0.1) is 28.1 Å². The van der Waals surface area contributed by atoms with Crippen LogP contribution in [0.2, 0.25) is 0 Å². The smallest absolute Gasteiger partial charge is 0.341 e. The Labute approximate surface area is 214 Å². The molecule has 2 aromatic rings. The Morgan fingerprint density at radius 1 is 1.11 bits per heavy atom. The first-order valence-electron chi connectivity index (χ1n) is 12.2. The number of likely N-dealkylation sites (N-methyl/N-ethyl adjacent to an activating group) is 1. The summed E-state index contributed by atoms with van der Waals surface area (Å²) in [5.74, 6) is -0.0935. The molecule has 1 N–H and O–H groups in total. The van der Waals surface area contributed by atoms with Crippen LogP contribution in [0.3, 0.4) is 0 Å². The van der Waals surface area contributed by atoms with Gasteiger partial charge < -0.3 is 10.2 Å². The number of alkyl halides is 3. The van der Waals surface area contributed by atoms with E-state index in [4.69, 9.17) is 5.26 Å². The van der Waals surface area contributed by atoms with Crippen LogP contribution < -0.4 is 5.32 Å². The van der Waals surface area contributed by atoms with Crippen molar-refractivity contribution in [2.75, 3.05) is 20.1 Å². The van der Waals surface area contributed by atoms with Crippen molar-refractivity contribution < 1.29 is 26.4 Å². The number of hydrogen-bond donors (Lipinski definition) is 1. The van der Waals surface area contributed by atoms with E-state index in [0.717, 1.165) is 17.7 Å². The zero-order valence-corrected chi connectivity index (χ0v) is 21.2. The number of hydrogen-bond acceptors (Lipinski definition) is 5. The van der Waals surface area contributed by atoms with Gasteiger partial charge >= 0.3 is 6.18 Å². The number of likely N-dealkylation sites (tertiary alicyclic amines) is 1. The van der Waals surface area contributed by atoms with Gasteiger partial charge in [0.1, 0.15) is 0 Å². The quantitative estimate of drug-likeness (QED) is 0.559. The fourth-order valence-electron chi connectivity index (χ4n) is 4.80. The normalized spacial score (nSPS) is 18.0. The monoisotopic (exact) mass is 534 g/mol. The molecule has 0 bridgehead atoms. The highest BCUT2D eigenvalue weighted by Crippen LogP contribution is 2.38. The van der Waals surface area contributed by atoms with Gasteiger partial charge in [-0.05, 0) is 75.0 Å². The summed E-state index contributed by atoms with van der Waals surface area (Å²) in [6.07, 6.45) is -2.03. The molecule has 198 valence electrons. The molecule has 0 unspecified atom stereocenters. The molecule has 37 heavy (non-hydrogen) atoms. The molecule has 11 heteroatoms. The van der Waals surface area contributed by atoms with Crippen LogP contribution in [0.15, 0.2) is 53.4 Å². The van der Waals surface area contributed by atoms with Crippen LogP contribution in [0, 0.1) is 11.3 Å². The summed E-state index contributed by atoms with van der Waals surface area (Å²) in [5, 5.41) is 12.0. The number of halogens is 3. The second-order valence-electron chi connectivity index (χ2n) is 9.50. The van der Waals surface area contributed by atoms with Crippen LogP contribution in [0.25, 0.3) is 0 Å². The molecule has 4 rings (SSSR count). The van der Waals surface area contributed by atoms with E-state index in [9.17, 15) is 26.4 Å². The number of benzene rings is 2. The van der Waals surface area contributed by atoms with Crippen LogP contribution in [0.5, 0.6) is 0 Å². The summed E-state index contributed by atoms with van der Waals surface area (Å²) in [6, 6.07) is 11.9. The molecular weight excluding hydrogens is 505 g/mol. The van der Waals surface area contributed by atoms with Gasteiger partial charge in [-0.3, -0.25) is 4.79 Å². The number of carbonyl (C=O) groups is 1. The van der Waals surface area contributed by atoms with Gasteiger partial charge in [-0.1, -0.05) is 18.2 Å². The first kappa shape index (κ1) is 27.1. The molecule has 0 radical (unpaired) electrons. The van der Waals surface area contributed by atoms with E-state index in [1.165, 1.54) is 10.4 Å². The lowest BCUT2D eigenvalue weighted by Gasteiger charge is -2.39. The molecule has 7 nitrogen and oxygen atoms in total. The third kappa shape index (κ3) is 6.14. The Hall–Kier alpha value is -2.94. The van der Waals surface area contributed by atoms with E-state index in [1.54, 1.807) is 24.1 Å². The van der Waals surface area contributed by atoms with Gasteiger partial charge in [0, 0.05) is 25.2 Å². The molecule has 0 spiro atoms. The summed E-state index contributed by atoms with van der Waals surface area (Å²) >= 11 is 0. The molecule has 1 atom stereocenters. The highest BCUT2D eigenvalue weighted by molar-refractivity contribution is 7.89. The fraction of sp³-hybridized carbons (Fsp3) is 0.462. The molecule has 2 aromatic carbocycles. The summed E-state index contributed by atoms with van der Waals surface area (Å²) in [5.41, 5.74) is 0.456. The Bertz CT molecular complexity index is 1260. The largest absolute Gasteiger partial charge is 0.416 e. The van der Waals surface area contributed by atoms with Crippen molar-refractivity contribution in [3.8, 4) is 6.07 Å². The molecule has 1 aliphatic heterocycles. The van der Waals surface area contributed by atoms with E-state index in [-0.39, 0.29) is 22.9 Å². The number of amides is 1. The number of sulfonamides is 1. The molecule has 0 aromatic heterocycles. The maximum atomic E-state index is 13.5. The number of carbonyl (C=O) groups excluding carboxylic acids is 1. The SMILES string of the molecule is CN[C@@H](Cc1ccc(C#N)cc1)C(=O)N1CCC(N(C2CC2)S(=O)(=O)c2cccc(C(F)(F)F)c2)CC1. The minimum Gasteiger partial charge on any atom is -0.341 e. The highest BCUT2D eigenvalue weighted by Gasteiger charge is 2.44. The van der Waals surface area contributed by atoms with E-state index in [2.05, 4.69) is 11.4 Å². The second-order valence-corrected chi connectivity index (χ2v) is 11.3. The van der Waals surface area contributed by atoms with E-state index in [1.807, 2.05) is 12.1 Å². The van der Waals surface area contributed by atoms with Gasteiger partial charge in [-0.15, -0.1) is 0 Å². The first-order valence-corrected chi connectivity index (χ1v) is 13.6. The van der Waals surface area contributed by atoms with Crippen molar-refractivity contribution in [2.24, 2.45) is 0 Å². The third-order valence-electron chi connectivity index (χ3n) is 6.95. The predicted octanol–water partition coefficient (Wildman–Crippen LogP) is 3.55. The number of nitrogens with zero attached hydrogens (tertiary/aromatic N) is 3. The fourth-order valence-corrected chi connectivity index (χ4v) is 6.78. The second kappa shape index (κ2) is 10.8. The molecule has 1 heterocycles. The van der Waals surface area contributed by atoms with Gasteiger partial charge in [0.25, 0.3) is 0 Å². The first-order chi connectivity index (χ1) is 17.5. The average molecular weight is 535 g/mol. The molecule has 2 aliphatic rings. The Balaban J connectivity index is 1.44. The van der Waals surface area contributed by atoms with Crippen LogP contribution in [0.4, 0.5) is 13.2 Å².